The highest BCUT2D eigenvalue weighted by Gasteiger charge is 2.23. The van der Waals surface area contributed by atoms with Gasteiger partial charge in [0.1, 0.15) is 0 Å². The van der Waals surface area contributed by atoms with Gasteiger partial charge in [-0.05, 0) is 52.0 Å². The van der Waals surface area contributed by atoms with Crippen molar-refractivity contribution in [2.75, 3.05) is 26.7 Å². The highest BCUT2D eigenvalue weighted by atomic mass is 32.1. The molecule has 0 aromatic heterocycles. The molecule has 0 spiro atoms. The molecular weight excluding hydrogens is 194 g/mol. The van der Waals surface area contributed by atoms with Crippen LogP contribution >= 0.6 is 12.2 Å². The molecule has 0 bridgehead atoms. The second-order valence-corrected chi connectivity index (χ2v) is 4.98. The number of hydrogen-bond donors (Lipinski definition) is 2. The van der Waals surface area contributed by atoms with E-state index >= 15 is 0 Å². The molecule has 0 aliphatic carbocycles. The first-order chi connectivity index (χ1) is 6.53. The first kappa shape index (κ1) is 11.7. The lowest BCUT2D eigenvalue weighted by Crippen LogP contribution is -2.53. The lowest BCUT2D eigenvalue weighted by Gasteiger charge is -2.32. The fourth-order valence-electron chi connectivity index (χ4n) is 1.91. The molecule has 4 heteroatoms. The standard InChI is InChI=1S/C10H21N3S/c1-10(2,12-9(14)11-3)8-13-6-4-5-7-13/h4-8H2,1-3H3,(H2,11,12,14). The molecule has 0 radical (unpaired) electrons. The normalized spacial score (nSPS) is 18.2. The first-order valence-electron chi connectivity index (χ1n) is 5.26. The minimum Gasteiger partial charge on any atom is -0.366 e. The number of hydrogen-bond acceptors (Lipinski definition) is 2. The summed E-state index contributed by atoms with van der Waals surface area (Å²) in [7, 11) is 1.85. The first-order valence-corrected chi connectivity index (χ1v) is 5.66. The molecule has 0 unspecified atom stereocenters. The summed E-state index contributed by atoms with van der Waals surface area (Å²) < 4.78 is 0. The molecule has 1 saturated heterocycles. The summed E-state index contributed by atoms with van der Waals surface area (Å²) in [6.07, 6.45) is 2.68. The Morgan fingerprint density at radius 1 is 1.36 bits per heavy atom. The molecule has 1 aliphatic heterocycles. The summed E-state index contributed by atoms with van der Waals surface area (Å²) in [6, 6.07) is 0. The zero-order valence-corrected chi connectivity index (χ0v) is 10.2. The smallest absolute Gasteiger partial charge is 0.166 e. The molecule has 3 nitrogen and oxygen atoms in total. The Kier molecular flexibility index (Phi) is 4.13. The Labute approximate surface area is 92.2 Å². The molecule has 0 saturated carbocycles. The topological polar surface area (TPSA) is 27.3 Å². The summed E-state index contributed by atoms with van der Waals surface area (Å²) in [5.41, 5.74) is 0.0600. The van der Waals surface area contributed by atoms with Crippen molar-refractivity contribution in [3.8, 4) is 0 Å². The second-order valence-electron chi connectivity index (χ2n) is 4.57. The zero-order valence-electron chi connectivity index (χ0n) is 9.39. The third-order valence-corrected chi connectivity index (χ3v) is 2.80. The van der Waals surface area contributed by atoms with Gasteiger partial charge in [0.25, 0.3) is 0 Å². The van der Waals surface area contributed by atoms with Crippen LogP contribution in [-0.4, -0.2) is 42.2 Å². The average Bonchev–Trinajstić information content (AvgIpc) is 2.54. The molecule has 0 aromatic carbocycles. The van der Waals surface area contributed by atoms with Gasteiger partial charge in [-0.25, -0.2) is 0 Å². The van der Waals surface area contributed by atoms with E-state index in [4.69, 9.17) is 12.2 Å². The van der Waals surface area contributed by atoms with Gasteiger partial charge in [-0.15, -0.1) is 0 Å². The molecule has 0 amide bonds. The largest absolute Gasteiger partial charge is 0.366 e. The number of rotatable bonds is 3. The molecule has 1 fully saturated rings. The van der Waals surface area contributed by atoms with E-state index in [9.17, 15) is 0 Å². The Morgan fingerprint density at radius 3 is 2.43 bits per heavy atom. The van der Waals surface area contributed by atoms with Crippen LogP contribution in [0.15, 0.2) is 0 Å². The van der Waals surface area contributed by atoms with E-state index in [2.05, 4.69) is 29.4 Å². The lowest BCUT2D eigenvalue weighted by atomic mass is 10.1. The van der Waals surface area contributed by atoms with Gasteiger partial charge in [0.2, 0.25) is 0 Å². The number of nitrogens with one attached hydrogen (secondary N) is 2. The van der Waals surface area contributed by atoms with Gasteiger partial charge in [-0.1, -0.05) is 0 Å². The van der Waals surface area contributed by atoms with Crippen molar-refractivity contribution < 1.29 is 0 Å². The summed E-state index contributed by atoms with van der Waals surface area (Å²) in [5, 5.41) is 6.99. The van der Waals surface area contributed by atoms with E-state index in [0.29, 0.717) is 0 Å². The minimum absolute atomic E-state index is 0.0600. The third-order valence-electron chi connectivity index (χ3n) is 2.50. The second kappa shape index (κ2) is 4.94. The van der Waals surface area contributed by atoms with E-state index in [0.717, 1.165) is 11.7 Å². The van der Waals surface area contributed by atoms with E-state index < -0.39 is 0 Å². The Hall–Kier alpha value is -0.350. The maximum atomic E-state index is 5.10. The van der Waals surface area contributed by atoms with Gasteiger partial charge in [0, 0.05) is 19.1 Å². The Bertz CT molecular complexity index is 198. The summed E-state index contributed by atoms with van der Waals surface area (Å²) in [5.74, 6) is 0. The van der Waals surface area contributed by atoms with Crippen LogP contribution in [0.3, 0.4) is 0 Å². The molecule has 1 heterocycles. The highest BCUT2D eigenvalue weighted by molar-refractivity contribution is 7.80. The number of likely N-dealkylation sites (tertiary alicyclic amines) is 1. The lowest BCUT2D eigenvalue weighted by molar-refractivity contribution is 0.255. The van der Waals surface area contributed by atoms with Gasteiger partial charge < -0.3 is 15.5 Å². The monoisotopic (exact) mass is 215 g/mol. The van der Waals surface area contributed by atoms with Crippen LogP contribution in [0.1, 0.15) is 26.7 Å². The van der Waals surface area contributed by atoms with E-state index in [1.54, 1.807) is 0 Å². The molecule has 14 heavy (non-hydrogen) atoms. The van der Waals surface area contributed by atoms with Crippen LogP contribution in [-0.2, 0) is 0 Å². The van der Waals surface area contributed by atoms with Crippen LogP contribution in [0.2, 0.25) is 0 Å². The van der Waals surface area contributed by atoms with Crippen LogP contribution in [0, 0.1) is 0 Å². The van der Waals surface area contributed by atoms with E-state index in [1.165, 1.54) is 25.9 Å². The molecule has 2 N–H and O–H groups in total. The van der Waals surface area contributed by atoms with Crippen molar-refractivity contribution in [3.05, 3.63) is 0 Å². The van der Waals surface area contributed by atoms with Gasteiger partial charge >= 0.3 is 0 Å². The fraction of sp³-hybridized carbons (Fsp3) is 0.900. The summed E-state index contributed by atoms with van der Waals surface area (Å²) >= 11 is 5.10. The van der Waals surface area contributed by atoms with Crippen LogP contribution in [0.4, 0.5) is 0 Å². The maximum absolute atomic E-state index is 5.10. The summed E-state index contributed by atoms with van der Waals surface area (Å²) in [6.45, 7) is 7.91. The SMILES string of the molecule is CNC(=S)NC(C)(C)CN1CCCC1. The third kappa shape index (κ3) is 3.80. The predicted molar refractivity (Wildman–Crippen MR) is 64.5 cm³/mol. The van der Waals surface area contributed by atoms with Crippen molar-refractivity contribution in [1.29, 1.82) is 0 Å². The Balaban J connectivity index is 2.35. The van der Waals surface area contributed by atoms with Crippen molar-refractivity contribution in [3.63, 3.8) is 0 Å². The van der Waals surface area contributed by atoms with E-state index in [-0.39, 0.29) is 5.54 Å². The maximum Gasteiger partial charge on any atom is 0.166 e. The van der Waals surface area contributed by atoms with Crippen LogP contribution < -0.4 is 10.6 Å². The number of thiocarbonyl (C=S) groups is 1. The van der Waals surface area contributed by atoms with Crippen molar-refractivity contribution in [1.82, 2.24) is 15.5 Å². The molecule has 1 aliphatic rings. The minimum atomic E-state index is 0.0600. The van der Waals surface area contributed by atoms with Crippen LogP contribution in [0.5, 0.6) is 0 Å². The molecule has 1 rings (SSSR count). The predicted octanol–water partition coefficient (Wildman–Crippen LogP) is 0.955. The fourth-order valence-corrected chi connectivity index (χ4v) is 2.19. The highest BCUT2D eigenvalue weighted by Crippen LogP contribution is 2.12. The molecule has 0 aromatic rings. The van der Waals surface area contributed by atoms with Crippen molar-refractivity contribution in [2.45, 2.75) is 32.2 Å². The molecule has 82 valence electrons. The quantitative estimate of drug-likeness (QED) is 0.686. The average molecular weight is 215 g/mol. The summed E-state index contributed by atoms with van der Waals surface area (Å²) in [4.78, 5) is 2.49. The molecule has 0 atom stereocenters. The van der Waals surface area contributed by atoms with Gasteiger partial charge in [-0.3, -0.25) is 0 Å². The van der Waals surface area contributed by atoms with Crippen molar-refractivity contribution >= 4 is 17.3 Å². The van der Waals surface area contributed by atoms with E-state index in [1.807, 2.05) is 7.05 Å². The van der Waals surface area contributed by atoms with Crippen molar-refractivity contribution in [2.24, 2.45) is 0 Å². The number of nitrogens with zero attached hydrogens (tertiary/aromatic N) is 1. The van der Waals surface area contributed by atoms with Gasteiger partial charge in [-0.2, -0.15) is 0 Å². The molecular formula is C10H21N3S. The van der Waals surface area contributed by atoms with Gasteiger partial charge in [0.05, 0.1) is 0 Å². The Morgan fingerprint density at radius 2 is 1.93 bits per heavy atom. The zero-order chi connectivity index (χ0) is 10.6. The van der Waals surface area contributed by atoms with Crippen LogP contribution in [0.25, 0.3) is 0 Å². The van der Waals surface area contributed by atoms with Gasteiger partial charge in [0.15, 0.2) is 5.11 Å².